The summed E-state index contributed by atoms with van der Waals surface area (Å²) in [5.41, 5.74) is 22.5. The van der Waals surface area contributed by atoms with Crippen molar-refractivity contribution in [2.24, 2.45) is 11.7 Å². The number of nitrogens with zero attached hydrogens (tertiary/aromatic N) is 6. The van der Waals surface area contributed by atoms with Gasteiger partial charge in [0.15, 0.2) is 9.84 Å². The van der Waals surface area contributed by atoms with E-state index in [4.69, 9.17) is 19.9 Å². The zero-order chi connectivity index (χ0) is 100. The van der Waals surface area contributed by atoms with Crippen molar-refractivity contribution in [2.75, 3.05) is 60.9 Å². The van der Waals surface area contributed by atoms with Crippen LogP contribution in [0, 0.1) is 5.92 Å². The summed E-state index contributed by atoms with van der Waals surface area (Å²) in [6, 6.07) is 82.0. The van der Waals surface area contributed by atoms with Crippen molar-refractivity contribution < 1.29 is 37.0 Å². The van der Waals surface area contributed by atoms with Crippen LogP contribution < -0.4 is 20.8 Å². The Morgan fingerprint density at radius 3 is 1.21 bits per heavy atom. The highest BCUT2D eigenvalue weighted by molar-refractivity contribution is 7.89. The van der Waals surface area contributed by atoms with Crippen molar-refractivity contribution >= 4 is 27.6 Å². The van der Waals surface area contributed by atoms with Crippen LogP contribution in [0.2, 0.25) is 0 Å². The quantitative estimate of drug-likeness (QED) is 0.0727. The van der Waals surface area contributed by atoms with Gasteiger partial charge < -0.3 is 34.3 Å². The first-order valence-corrected chi connectivity index (χ1v) is 49.2. The van der Waals surface area contributed by atoms with E-state index in [1.54, 1.807) is 68.4 Å². The highest BCUT2D eigenvalue weighted by Gasteiger charge is 2.19. The number of aromatic amines is 1. The van der Waals surface area contributed by atoms with Gasteiger partial charge in [-0.25, -0.2) is 8.42 Å². The van der Waals surface area contributed by atoms with Crippen molar-refractivity contribution in [1.29, 1.82) is 0 Å². The summed E-state index contributed by atoms with van der Waals surface area (Å²) >= 11 is 0. The molecule has 1 saturated heterocycles. The molecule has 134 heavy (non-hydrogen) atoms. The Bertz CT molecular complexity index is 5180. The van der Waals surface area contributed by atoms with Gasteiger partial charge in [-0.05, 0) is 237 Å². The number of hydrogen-bond donors (Lipinski definition) is 2. The second-order valence-corrected chi connectivity index (χ2v) is 39.0. The molecule has 0 bridgehead atoms. The molecule has 17 nitrogen and oxygen atoms in total. The summed E-state index contributed by atoms with van der Waals surface area (Å²) in [7, 11) is 4.00. The molecular formula is C116H162N8O9S. The van der Waals surface area contributed by atoms with Crippen molar-refractivity contribution in [3.05, 3.63) is 386 Å². The zero-order valence-corrected chi connectivity index (χ0v) is 87.0. The van der Waals surface area contributed by atoms with Crippen LogP contribution >= 0.6 is 0 Å². The number of benzene rings is 8. The molecule has 1 aliphatic heterocycles. The summed E-state index contributed by atoms with van der Waals surface area (Å²) < 4.78 is 39.3. The number of carbonyl (C=O) groups excluding carboxylic acids is 3. The average molecular weight is 1840 g/mol. The van der Waals surface area contributed by atoms with Crippen LogP contribution in [0.4, 0.5) is 0 Å². The molecule has 8 aromatic carbocycles. The van der Waals surface area contributed by atoms with E-state index in [9.17, 15) is 27.6 Å². The second-order valence-electron chi connectivity index (χ2n) is 36.9. The third-order valence-corrected chi connectivity index (χ3v) is 21.9. The third-order valence-electron chi connectivity index (χ3n) is 21.0. The Kier molecular flexibility index (Phi) is 58.0. The molecule has 0 spiro atoms. The maximum absolute atomic E-state index is 12.2. The number of amides is 3. The van der Waals surface area contributed by atoms with Crippen LogP contribution in [0.25, 0.3) is 0 Å². The van der Waals surface area contributed by atoms with Crippen molar-refractivity contribution in [1.82, 2.24) is 34.5 Å². The summed E-state index contributed by atoms with van der Waals surface area (Å²) in [6.07, 6.45) is 15.4. The first-order chi connectivity index (χ1) is 63.4. The van der Waals surface area contributed by atoms with Gasteiger partial charge >= 0.3 is 0 Å². The van der Waals surface area contributed by atoms with Crippen LogP contribution in [0.1, 0.15) is 329 Å². The highest BCUT2D eigenvalue weighted by Crippen LogP contribution is 2.24. The number of nitrogens with one attached hydrogen (secondary N) is 1. The molecular weight excluding hydrogens is 1680 g/mol. The molecule has 3 amide bonds. The Labute approximate surface area is 807 Å². The minimum atomic E-state index is -2.92. The molecule has 0 radical (unpaired) electrons. The van der Waals surface area contributed by atoms with E-state index < -0.39 is 9.84 Å². The smallest absolute Gasteiger partial charge is 0.254 e. The third kappa shape index (κ3) is 50.8. The lowest BCUT2D eigenvalue weighted by molar-refractivity contribution is 0.0303. The monoisotopic (exact) mass is 1840 g/mol. The fourth-order valence-electron chi connectivity index (χ4n) is 12.5. The normalized spacial score (nSPS) is 11.2. The van der Waals surface area contributed by atoms with Gasteiger partial charge in [0.25, 0.3) is 17.4 Å². The minimum absolute atomic E-state index is 0.0625. The maximum Gasteiger partial charge on any atom is 0.254 e. The number of pyridine rings is 3. The number of nitrogens with two attached hydrogens (primary N) is 1. The highest BCUT2D eigenvalue weighted by atomic mass is 32.2. The number of carbonyl (C=O) groups is 3. The van der Waals surface area contributed by atoms with Gasteiger partial charge in [0, 0.05) is 99.4 Å². The molecule has 3 N–H and O–H groups in total. The fraction of sp³-hybridized carbons (Fsp3) is 0.405. The lowest BCUT2D eigenvalue weighted by atomic mass is 10.0. The first kappa shape index (κ1) is 118. The van der Waals surface area contributed by atoms with E-state index in [2.05, 4.69) is 263 Å². The molecule has 1 aliphatic rings. The van der Waals surface area contributed by atoms with Crippen LogP contribution in [0.3, 0.4) is 0 Å². The Balaban J connectivity index is 0.000000497. The van der Waals surface area contributed by atoms with E-state index in [-0.39, 0.29) is 35.1 Å². The lowest BCUT2D eigenvalue weighted by Crippen LogP contribution is -2.40. The van der Waals surface area contributed by atoms with Gasteiger partial charge in [-0.2, -0.15) is 5.10 Å². The van der Waals surface area contributed by atoms with Crippen LogP contribution in [-0.4, -0.2) is 122 Å². The molecule has 0 saturated carbocycles. The van der Waals surface area contributed by atoms with E-state index in [0.29, 0.717) is 91.0 Å². The van der Waals surface area contributed by atoms with E-state index in [1.807, 2.05) is 189 Å². The average Bonchev–Trinajstić information content (AvgIpc) is 0.824. The number of ether oxygens (including phenoxy) is 3. The molecule has 13 rings (SSSR count). The van der Waals surface area contributed by atoms with Gasteiger partial charge in [0.05, 0.1) is 39.4 Å². The molecule has 12 aromatic rings. The van der Waals surface area contributed by atoms with Crippen LogP contribution in [0.5, 0.6) is 11.5 Å². The number of primary amides is 1. The predicted octanol–water partition coefficient (Wildman–Crippen LogP) is 27.8. The van der Waals surface area contributed by atoms with Crippen LogP contribution in [-0.2, 0) is 26.7 Å². The van der Waals surface area contributed by atoms with Crippen molar-refractivity contribution in [3.63, 3.8) is 0 Å². The van der Waals surface area contributed by atoms with Crippen LogP contribution in [0.15, 0.2) is 297 Å². The van der Waals surface area contributed by atoms with Gasteiger partial charge in [0.1, 0.15) is 11.5 Å². The predicted molar refractivity (Wildman–Crippen MR) is 564 cm³/mol. The molecule has 5 heterocycles. The van der Waals surface area contributed by atoms with Gasteiger partial charge in [-0.1, -0.05) is 310 Å². The summed E-state index contributed by atoms with van der Waals surface area (Å²) in [6.45, 7) is 54.2. The van der Waals surface area contributed by atoms with Gasteiger partial charge in [0.2, 0.25) is 5.91 Å². The topological polar surface area (TPSA) is 222 Å². The van der Waals surface area contributed by atoms with Gasteiger partial charge in [-0.15, -0.1) is 0 Å². The number of sulfone groups is 1. The van der Waals surface area contributed by atoms with Crippen molar-refractivity contribution in [3.8, 4) is 11.5 Å². The number of aromatic nitrogens is 5. The van der Waals surface area contributed by atoms with Gasteiger partial charge in [-0.3, -0.25) is 34.2 Å². The standard InChI is InChI=1S/C14H19NO2.C12H17NO.C11H16O2S.C10H13NO.2C10H14O.C10H14.C9H12.C8H11NO.2C8H11N.C6H10N2/c1-11(2)12-3-5-13(6-4-12)14(16)15-7-9-17-10-8-15;1-9(2)10-6-5-7-11(8-10)12(14)13(3)4;1-9(2)11-6-4-5-10(7-11)8-14(3,12)13;1-7(2)8-4-3-5-9(6-8)10(11)12;1-8(2)9-4-6-10(11-3)7-5-9;1-8(2)9-5-4-6-10(7-9)11-3;1-9(2)8-10-6-4-3-5-7-10;1-8(2)9-6-4-3-5-7-9;1-7(2)9-6-4-3-5-8(9)10;1-7(2)8-3-5-9-6-4-8;1-7(2)8-4-3-5-9-6-8;1-5(2)6-3-7-8-4-6/h3-6,11H,7-10H2,1-2H3;5-9H,1-4H3;4-7,9H,8H2,1-3H3;3-7H,1-2H3,(H2,11,12);2*4-8H,1-3H3;3-7,9H,8H2,1-2H3;3-8H,1-2H3;3-7H,1-2H3;2*3-7H,1-2H3;3-5H,1-2H3,(H,7,8). The van der Waals surface area contributed by atoms with E-state index >= 15 is 0 Å². The number of methoxy groups -OCH3 is 2. The molecule has 4 aromatic heterocycles. The number of morpholine rings is 1. The molecule has 0 unspecified atom stereocenters. The van der Waals surface area contributed by atoms with Crippen molar-refractivity contribution in [2.45, 2.75) is 244 Å². The summed E-state index contributed by atoms with van der Waals surface area (Å²) in [5, 5.41) is 6.58. The lowest BCUT2D eigenvalue weighted by Gasteiger charge is -2.26. The molecule has 726 valence electrons. The summed E-state index contributed by atoms with van der Waals surface area (Å²) in [4.78, 5) is 57.0. The maximum atomic E-state index is 12.2. The molecule has 1 fully saturated rings. The Morgan fingerprint density at radius 2 is 0.821 bits per heavy atom. The minimum Gasteiger partial charge on any atom is -0.497 e. The van der Waals surface area contributed by atoms with E-state index in [0.717, 1.165) is 39.7 Å². The number of rotatable bonds is 20. The number of H-pyrrole nitrogens is 1. The summed E-state index contributed by atoms with van der Waals surface area (Å²) in [5.74, 6) is 8.05. The molecule has 0 aliphatic carbocycles. The second kappa shape index (κ2) is 65.7. The molecule has 0 atom stereocenters. The molecule has 18 heteroatoms. The fourth-order valence-corrected chi connectivity index (χ4v) is 13.3. The first-order valence-electron chi connectivity index (χ1n) is 47.2. The Hall–Kier alpha value is -11.9. The van der Waals surface area contributed by atoms with E-state index in [1.165, 1.54) is 68.3 Å². The Morgan fingerprint density at radius 1 is 0.410 bits per heavy atom. The largest absolute Gasteiger partial charge is 0.497 e. The SMILES string of the molecule is CC(C)Cc1ccccc1.CC(C)c1ccc(C(=O)N2CCOCC2)cc1.CC(C)c1cccc(C(=O)N(C)C)c1.CC(C)c1cccc(C(N)=O)c1.CC(C)c1cccc(CS(C)(=O)=O)c1.CC(C)c1ccccc1.CC(C)c1cccnc1.CC(C)c1ccncc1.CC(C)c1cn[nH]c1.CC(C)n1ccccc1=O.COc1ccc(C(C)C)cc1.COc1cccc(C(C)C)c1. The number of hydrogen-bond acceptors (Lipinski definition) is 12. The zero-order valence-electron chi connectivity index (χ0n) is 86.2.